The van der Waals surface area contributed by atoms with E-state index in [1.165, 1.54) is 0 Å². The Morgan fingerprint density at radius 1 is 0.722 bits per heavy atom. The molecule has 12 atom stereocenters. The number of nitrogens with one attached hydrogen (secondary N) is 1. The fraction of sp³-hybridized carbons (Fsp3) is 0.500. The molecule has 0 unspecified atom stereocenters. The Kier molecular flexibility index (Phi) is 21.6. The Morgan fingerprint density at radius 2 is 1.31 bits per heavy atom. The number of esters is 6. The molecule has 4 N–H and O–H groups in total. The molecule has 3 aromatic rings. The third kappa shape index (κ3) is 16.6. The minimum Gasteiger partial charge on any atom is -0.465 e. The van der Waals surface area contributed by atoms with Crippen LogP contribution < -0.4 is 11.1 Å². The van der Waals surface area contributed by atoms with Gasteiger partial charge in [-0.05, 0) is 16.7 Å². The molecule has 0 bridgehead atoms. The standard InChI is InChI=1S/C50H62N2O20/c1-29(53)52-41-38(67-31(3)55)22-50(49(60)61-6,71-44(41)43(69-33(5)57)40(68-32(4)56)28-63-30(2)54)72-45-42(58)39(27-62-23-34-16-10-7-11-17-34)70-48(46(45)64-24-35-18-12-8-13-19-35)66-26-37(51)47(59)65-25-36-20-14-9-15-21-36/h7-21,37-46,48,58H,22-28,51H2,1-6H3,(H,52,53)/t37-,38-,39+,40+,41+,42-,43+,44+,45-,46+,48+,50-/m0/s1. The number of carbonyl (C=O) groups is 7. The first kappa shape index (κ1) is 56.5. The summed E-state index contributed by atoms with van der Waals surface area (Å²) in [5.41, 5.74) is 8.40. The van der Waals surface area contributed by atoms with E-state index in [9.17, 15) is 38.7 Å². The summed E-state index contributed by atoms with van der Waals surface area (Å²) in [7, 11) is 0.979. The lowest BCUT2D eigenvalue weighted by Gasteiger charge is -2.51. The predicted molar refractivity (Wildman–Crippen MR) is 246 cm³/mol. The fourth-order valence-electron chi connectivity index (χ4n) is 7.95. The second-order valence-electron chi connectivity index (χ2n) is 16.8. The predicted octanol–water partition coefficient (Wildman–Crippen LogP) is 1.87. The molecule has 72 heavy (non-hydrogen) atoms. The van der Waals surface area contributed by atoms with E-state index in [2.05, 4.69) is 5.32 Å². The van der Waals surface area contributed by atoms with Crippen molar-refractivity contribution in [2.45, 2.75) is 134 Å². The molecule has 0 aromatic heterocycles. The maximum Gasteiger partial charge on any atom is 0.366 e. The molecule has 2 heterocycles. The first-order valence-electron chi connectivity index (χ1n) is 22.9. The number of benzene rings is 3. The van der Waals surface area contributed by atoms with Gasteiger partial charge in [0.25, 0.3) is 5.79 Å². The van der Waals surface area contributed by atoms with Crippen molar-refractivity contribution in [3.05, 3.63) is 108 Å². The Bertz CT molecular complexity index is 2250. The van der Waals surface area contributed by atoms with E-state index in [4.69, 9.17) is 62.6 Å². The molecule has 5 rings (SSSR count). The Morgan fingerprint density at radius 3 is 1.85 bits per heavy atom. The number of methoxy groups -OCH3 is 1. The normalized spacial score (nSPS) is 25.1. The van der Waals surface area contributed by atoms with Crippen molar-refractivity contribution >= 4 is 41.7 Å². The summed E-state index contributed by atoms with van der Waals surface area (Å²) in [5.74, 6) is -9.39. The summed E-state index contributed by atoms with van der Waals surface area (Å²) in [6.07, 6.45) is -16.0. The Hall–Kier alpha value is -6.37. The lowest BCUT2D eigenvalue weighted by Crippen LogP contribution is -2.71. The number of hydrogen-bond donors (Lipinski definition) is 3. The molecular formula is C50H62N2O20. The Balaban J connectivity index is 1.62. The van der Waals surface area contributed by atoms with Gasteiger partial charge in [-0.1, -0.05) is 91.0 Å². The summed E-state index contributed by atoms with van der Waals surface area (Å²) in [5, 5.41) is 15.1. The number of ether oxygens (including phenoxy) is 12. The summed E-state index contributed by atoms with van der Waals surface area (Å²) in [4.78, 5) is 91.2. The Labute approximate surface area is 415 Å². The third-order valence-corrected chi connectivity index (χ3v) is 11.1. The zero-order chi connectivity index (χ0) is 52.4. The first-order valence-corrected chi connectivity index (χ1v) is 22.9. The van der Waals surface area contributed by atoms with E-state index < -0.39 is 134 Å². The van der Waals surface area contributed by atoms with Gasteiger partial charge in [0, 0.05) is 34.6 Å². The van der Waals surface area contributed by atoms with Crippen LogP contribution in [-0.2, 0) is 110 Å². The highest BCUT2D eigenvalue weighted by molar-refractivity contribution is 5.79. The van der Waals surface area contributed by atoms with Gasteiger partial charge in [-0.3, -0.25) is 28.8 Å². The molecule has 0 aliphatic carbocycles. The number of aliphatic hydroxyl groups is 1. The highest BCUT2D eigenvalue weighted by atomic mass is 16.8. The molecule has 1 amide bonds. The molecule has 3 aromatic carbocycles. The topological polar surface area (TPSA) is 289 Å². The van der Waals surface area contributed by atoms with Crippen molar-refractivity contribution in [1.29, 1.82) is 0 Å². The van der Waals surface area contributed by atoms with Gasteiger partial charge in [-0.15, -0.1) is 0 Å². The second kappa shape index (κ2) is 27.5. The monoisotopic (exact) mass is 1010 g/mol. The lowest BCUT2D eigenvalue weighted by atomic mass is 9.87. The number of carbonyl (C=O) groups excluding carboxylic acids is 7. The molecule has 0 saturated carbocycles. The summed E-state index contributed by atoms with van der Waals surface area (Å²) >= 11 is 0. The highest BCUT2D eigenvalue weighted by Gasteiger charge is 2.62. The molecule has 0 spiro atoms. The van der Waals surface area contributed by atoms with Gasteiger partial charge in [0.15, 0.2) is 18.5 Å². The largest absolute Gasteiger partial charge is 0.465 e. The van der Waals surface area contributed by atoms with Crippen molar-refractivity contribution < 1.29 is 95.5 Å². The minimum absolute atomic E-state index is 0.0520. The van der Waals surface area contributed by atoms with Crippen LogP contribution in [0.4, 0.5) is 0 Å². The molecular weight excluding hydrogens is 949 g/mol. The van der Waals surface area contributed by atoms with Crippen LogP contribution in [0.25, 0.3) is 0 Å². The molecule has 0 radical (unpaired) electrons. The van der Waals surface area contributed by atoms with Crippen LogP contribution >= 0.6 is 0 Å². The van der Waals surface area contributed by atoms with Crippen LogP contribution in [-0.4, -0.2) is 147 Å². The van der Waals surface area contributed by atoms with Gasteiger partial charge < -0.3 is 73.0 Å². The quantitative estimate of drug-likeness (QED) is 0.0853. The van der Waals surface area contributed by atoms with Crippen LogP contribution in [0.1, 0.15) is 57.7 Å². The van der Waals surface area contributed by atoms with Crippen LogP contribution in [0.2, 0.25) is 0 Å². The fourth-order valence-corrected chi connectivity index (χ4v) is 7.95. The van der Waals surface area contributed by atoms with Crippen molar-refractivity contribution in [1.82, 2.24) is 5.32 Å². The van der Waals surface area contributed by atoms with Gasteiger partial charge in [-0.25, -0.2) is 4.79 Å². The number of nitrogens with two attached hydrogens (primary N) is 1. The maximum absolute atomic E-state index is 14.6. The minimum atomic E-state index is -2.83. The average Bonchev–Trinajstić information content (AvgIpc) is 3.34. The van der Waals surface area contributed by atoms with Crippen molar-refractivity contribution in [3.8, 4) is 0 Å². The third-order valence-electron chi connectivity index (χ3n) is 11.1. The van der Waals surface area contributed by atoms with Crippen LogP contribution in [0.15, 0.2) is 91.0 Å². The summed E-state index contributed by atoms with van der Waals surface area (Å²) in [6.45, 7) is 3.39. The van der Waals surface area contributed by atoms with E-state index in [1.807, 2.05) is 18.2 Å². The molecule has 2 aliphatic rings. The molecule has 22 heteroatoms. The molecule has 22 nitrogen and oxygen atoms in total. The van der Waals surface area contributed by atoms with Crippen LogP contribution in [0, 0.1) is 0 Å². The number of amides is 1. The average molecular weight is 1010 g/mol. The van der Waals surface area contributed by atoms with Gasteiger partial charge in [0.2, 0.25) is 5.91 Å². The smallest absolute Gasteiger partial charge is 0.366 e. The van der Waals surface area contributed by atoms with Gasteiger partial charge in [0.05, 0.1) is 46.0 Å². The lowest BCUT2D eigenvalue weighted by molar-refractivity contribution is -0.375. The van der Waals surface area contributed by atoms with Crippen LogP contribution in [0.5, 0.6) is 0 Å². The van der Waals surface area contributed by atoms with Gasteiger partial charge in [-0.2, -0.15) is 0 Å². The second-order valence-corrected chi connectivity index (χ2v) is 16.8. The molecule has 2 saturated heterocycles. The maximum atomic E-state index is 14.6. The van der Waals surface area contributed by atoms with E-state index in [0.29, 0.717) is 11.1 Å². The van der Waals surface area contributed by atoms with Crippen molar-refractivity contribution in [2.24, 2.45) is 5.73 Å². The SMILES string of the molecule is COC(=O)[C@@]1(O[C@H]2[C@@H](O)[C@@H](COCc3ccccc3)O[C@@H](OC[C@H](N)C(=O)OCc3ccccc3)[C@@H]2OCc2ccccc2)C[C@H](OC(C)=O)[C@@H](NC(C)=O)[C@H]([C@H](OC(C)=O)[C@@H](COC(C)=O)OC(C)=O)O1. The van der Waals surface area contributed by atoms with E-state index in [0.717, 1.165) is 47.3 Å². The van der Waals surface area contributed by atoms with Gasteiger partial charge >= 0.3 is 35.8 Å². The number of rotatable bonds is 24. The highest BCUT2D eigenvalue weighted by Crippen LogP contribution is 2.41. The van der Waals surface area contributed by atoms with E-state index in [1.54, 1.807) is 72.8 Å². The molecule has 2 aliphatic heterocycles. The number of aliphatic hydroxyl groups excluding tert-OH is 1. The van der Waals surface area contributed by atoms with E-state index in [-0.39, 0.29) is 26.4 Å². The molecule has 2 fully saturated rings. The zero-order valence-electron chi connectivity index (χ0n) is 40.7. The summed E-state index contributed by atoms with van der Waals surface area (Å²) in [6, 6.07) is 23.8. The zero-order valence-corrected chi connectivity index (χ0v) is 40.7. The first-order chi connectivity index (χ1) is 34.4. The van der Waals surface area contributed by atoms with Crippen LogP contribution in [0.3, 0.4) is 0 Å². The molecule has 392 valence electrons. The van der Waals surface area contributed by atoms with Crippen molar-refractivity contribution in [2.75, 3.05) is 26.9 Å². The van der Waals surface area contributed by atoms with Gasteiger partial charge in [0.1, 0.15) is 55.9 Å². The van der Waals surface area contributed by atoms with Crippen molar-refractivity contribution in [3.63, 3.8) is 0 Å². The number of hydrogen-bond acceptors (Lipinski definition) is 21. The van der Waals surface area contributed by atoms with E-state index >= 15 is 0 Å². The summed E-state index contributed by atoms with van der Waals surface area (Å²) < 4.78 is 71.2.